The Kier molecular flexibility index (Phi) is 40.6. The number of allylic oxidation sites excluding steroid dienone is 5. The number of likely N-dealkylation sites (tertiary alicyclic amines) is 1. The van der Waals surface area contributed by atoms with Gasteiger partial charge in [0.2, 0.25) is 5.96 Å². The van der Waals surface area contributed by atoms with Crippen LogP contribution in [0.25, 0.3) is 0 Å². The summed E-state index contributed by atoms with van der Waals surface area (Å²) >= 11 is 0. The Morgan fingerprint density at radius 3 is 1.93 bits per heavy atom. The lowest BCUT2D eigenvalue weighted by Gasteiger charge is -2.20. The van der Waals surface area contributed by atoms with Gasteiger partial charge in [0.15, 0.2) is 6.29 Å². The Morgan fingerprint density at radius 2 is 1.61 bits per heavy atom. The summed E-state index contributed by atoms with van der Waals surface area (Å²) in [6.07, 6.45) is 13.2. The molecule has 8 heteroatoms. The van der Waals surface area contributed by atoms with Crippen LogP contribution >= 0.6 is 0 Å². The molecule has 3 atom stereocenters. The Bertz CT molecular complexity index is 753. The Morgan fingerprint density at radius 1 is 1.07 bits per heavy atom. The molecule has 2 fully saturated rings. The molecule has 0 aromatic rings. The number of ether oxygens (including phenoxy) is 1. The van der Waals surface area contributed by atoms with Crippen LogP contribution in [-0.4, -0.2) is 70.0 Å². The van der Waals surface area contributed by atoms with E-state index in [0.29, 0.717) is 17.5 Å². The fraction of sp³-hybridized carbons (Fsp3) is 0.694. The van der Waals surface area contributed by atoms with Crippen molar-refractivity contribution in [2.45, 2.75) is 102 Å². The predicted molar refractivity (Wildman–Crippen MR) is 195 cm³/mol. The molecular formula is C36H71N5O3. The quantitative estimate of drug-likeness (QED) is 0.0410. The van der Waals surface area contributed by atoms with Gasteiger partial charge >= 0.3 is 0 Å². The van der Waals surface area contributed by atoms with Gasteiger partial charge in [0.25, 0.3) is 0 Å². The number of carbonyl (C=O) groups excluding carboxylic acids is 1. The third-order valence-electron chi connectivity index (χ3n) is 5.95. The SMILES string of the molecule is C/C=C\CC.C=CC.C=CCC.C=NC(=N/C=C(\C)C=O)N1CC2C(CNCC)C2C1.CC.CCC(OCC(C)C)ONC. The summed E-state index contributed by atoms with van der Waals surface area (Å²) in [5.74, 6) is 3.54. The largest absolute Gasteiger partial charge is 0.351 e. The van der Waals surface area contributed by atoms with E-state index in [4.69, 9.17) is 9.57 Å². The van der Waals surface area contributed by atoms with Crippen LogP contribution in [-0.2, 0) is 14.4 Å². The van der Waals surface area contributed by atoms with Crippen LogP contribution < -0.4 is 10.8 Å². The van der Waals surface area contributed by atoms with Gasteiger partial charge in [0.05, 0.1) is 6.61 Å². The maximum absolute atomic E-state index is 10.5. The zero-order valence-corrected chi connectivity index (χ0v) is 30.7. The highest BCUT2D eigenvalue weighted by atomic mass is 16.8. The Hall–Kier alpha value is -2.39. The average Bonchev–Trinajstić information content (AvgIpc) is 3.48. The number of rotatable bonds is 13. The average molecular weight is 622 g/mol. The summed E-state index contributed by atoms with van der Waals surface area (Å²) < 4.78 is 5.41. The molecule has 3 unspecified atom stereocenters. The normalized spacial score (nSPS) is 18.7. The van der Waals surface area contributed by atoms with Crippen molar-refractivity contribution in [3.63, 3.8) is 0 Å². The highest BCUT2D eigenvalue weighted by molar-refractivity contribution is 5.85. The highest BCUT2D eigenvalue weighted by Gasteiger charge is 2.55. The number of piperidine rings is 1. The molecule has 258 valence electrons. The molecule has 0 radical (unpaired) electrons. The topological polar surface area (TPSA) is 87.6 Å². The van der Waals surface area contributed by atoms with Gasteiger partial charge in [-0.3, -0.25) is 9.63 Å². The molecule has 1 heterocycles. The lowest BCUT2D eigenvalue weighted by Crippen LogP contribution is -2.32. The number of carbonyl (C=O) groups is 1. The van der Waals surface area contributed by atoms with Crippen LogP contribution in [0.4, 0.5) is 0 Å². The van der Waals surface area contributed by atoms with Crippen molar-refractivity contribution in [2.24, 2.45) is 33.7 Å². The van der Waals surface area contributed by atoms with Crippen LogP contribution in [0.2, 0.25) is 0 Å². The molecule has 2 aliphatic rings. The minimum absolute atomic E-state index is 0.109. The summed E-state index contributed by atoms with van der Waals surface area (Å²) in [6.45, 7) is 37.6. The van der Waals surface area contributed by atoms with Gasteiger partial charge in [-0.1, -0.05) is 79.7 Å². The smallest absolute Gasteiger partial charge is 0.224 e. The van der Waals surface area contributed by atoms with Crippen molar-refractivity contribution in [3.05, 3.63) is 49.2 Å². The molecule has 44 heavy (non-hydrogen) atoms. The van der Waals surface area contributed by atoms with Crippen LogP contribution in [0.5, 0.6) is 0 Å². The first-order valence-corrected chi connectivity index (χ1v) is 16.5. The molecule has 0 aromatic heterocycles. The minimum Gasteiger partial charge on any atom is -0.351 e. The standard InChI is InChI=1S/C14H22N4O.C8H19NO2.C5H10.C4H8.C3H6.C2H6/c1-4-16-6-11-12-7-18(8-13(11)12)14(15-3)17-5-10(2)9-19;1-5-8(11-9-4)10-6-7(2)3;1-3-5-4-2;1-3-4-2;1-3-2;1-2/h5,9,11-13,16H,3-4,6-8H2,1-2H3;7-9H,5-6H2,1-4H3;3,5H,4H2,1-2H3;3H,1,4H2,2H3;3H,1H2,2H3;1-2H3/b10-5+,17-14?;;5-3-;;;. The lowest BCUT2D eigenvalue weighted by atomic mass is 10.2. The number of hydrogen-bond acceptors (Lipinski definition) is 6. The molecule has 0 aromatic carbocycles. The maximum Gasteiger partial charge on any atom is 0.224 e. The fourth-order valence-corrected chi connectivity index (χ4v) is 3.74. The number of hydroxylamine groups is 1. The maximum atomic E-state index is 10.5. The lowest BCUT2D eigenvalue weighted by molar-refractivity contribution is -0.180. The fourth-order valence-electron chi connectivity index (χ4n) is 3.74. The summed E-state index contributed by atoms with van der Waals surface area (Å²) in [7, 11) is 1.74. The first-order valence-electron chi connectivity index (χ1n) is 16.5. The third kappa shape index (κ3) is 28.4. The van der Waals surface area contributed by atoms with E-state index in [0.717, 1.165) is 76.1 Å². The number of nitrogens with one attached hydrogen (secondary N) is 2. The van der Waals surface area contributed by atoms with Crippen molar-refractivity contribution in [1.29, 1.82) is 0 Å². The van der Waals surface area contributed by atoms with Gasteiger partial charge in [-0.15, -0.1) is 13.2 Å². The molecule has 1 aliphatic carbocycles. The minimum atomic E-state index is -0.109. The summed E-state index contributed by atoms with van der Waals surface area (Å²) in [4.78, 5) is 26.0. The van der Waals surface area contributed by atoms with Gasteiger partial charge in [-0.25, -0.2) is 15.5 Å². The number of aliphatic imine (C=N–C) groups is 2. The molecule has 0 bridgehead atoms. The molecule has 2 N–H and O–H groups in total. The Labute approximate surface area is 273 Å². The number of hydrogen-bond donors (Lipinski definition) is 2. The number of nitrogens with zero attached hydrogens (tertiary/aromatic N) is 3. The highest BCUT2D eigenvalue weighted by Crippen LogP contribution is 2.51. The van der Waals surface area contributed by atoms with E-state index >= 15 is 0 Å². The zero-order chi connectivity index (χ0) is 34.8. The van der Waals surface area contributed by atoms with Crippen molar-refractivity contribution < 1.29 is 14.4 Å². The van der Waals surface area contributed by atoms with Gasteiger partial charge in [0.1, 0.15) is 6.29 Å². The van der Waals surface area contributed by atoms with Crippen molar-refractivity contribution in [2.75, 3.05) is 39.8 Å². The van der Waals surface area contributed by atoms with E-state index in [1.807, 2.05) is 40.7 Å². The van der Waals surface area contributed by atoms with Crippen LogP contribution in [0, 0.1) is 23.7 Å². The number of guanidine groups is 1. The zero-order valence-electron chi connectivity index (χ0n) is 30.7. The molecule has 2 rings (SSSR count). The van der Waals surface area contributed by atoms with Gasteiger partial charge < -0.3 is 15.0 Å². The van der Waals surface area contributed by atoms with E-state index in [1.54, 1.807) is 26.2 Å². The van der Waals surface area contributed by atoms with Crippen molar-refractivity contribution in [3.8, 4) is 0 Å². The van der Waals surface area contributed by atoms with Crippen molar-refractivity contribution in [1.82, 2.24) is 15.7 Å². The van der Waals surface area contributed by atoms with Gasteiger partial charge in [-0.05, 0) is 83.5 Å². The van der Waals surface area contributed by atoms with Crippen LogP contribution in [0.15, 0.2) is 59.2 Å². The molecule has 1 saturated carbocycles. The van der Waals surface area contributed by atoms with E-state index in [2.05, 4.69) is 92.3 Å². The molecule has 8 nitrogen and oxygen atoms in total. The van der Waals surface area contributed by atoms with Gasteiger partial charge in [0, 0.05) is 31.9 Å². The second kappa shape index (κ2) is 36.8. The predicted octanol–water partition coefficient (Wildman–Crippen LogP) is 8.25. The van der Waals surface area contributed by atoms with Gasteiger partial charge in [-0.2, -0.15) is 0 Å². The molecule has 0 amide bonds. The second-order valence-corrected chi connectivity index (χ2v) is 10.3. The van der Waals surface area contributed by atoms with Crippen molar-refractivity contribution >= 4 is 19.0 Å². The van der Waals surface area contributed by atoms with Crippen LogP contribution in [0.1, 0.15) is 95.4 Å². The summed E-state index contributed by atoms with van der Waals surface area (Å²) in [6, 6.07) is 0. The van der Waals surface area contributed by atoms with Crippen LogP contribution in [0.3, 0.4) is 0 Å². The second-order valence-electron chi connectivity index (χ2n) is 10.3. The first kappa shape index (κ1) is 48.5. The van der Waals surface area contributed by atoms with E-state index in [-0.39, 0.29) is 6.29 Å². The molecular weight excluding hydrogens is 550 g/mol. The number of aldehydes is 1. The summed E-state index contributed by atoms with van der Waals surface area (Å²) in [5, 5.41) is 3.41. The van der Waals surface area contributed by atoms with E-state index in [1.165, 1.54) is 0 Å². The molecule has 0 spiro atoms. The third-order valence-corrected chi connectivity index (χ3v) is 5.95. The monoisotopic (exact) mass is 622 g/mol. The molecule has 1 aliphatic heterocycles. The first-order chi connectivity index (χ1) is 21.2. The molecule has 1 saturated heterocycles. The van der Waals surface area contributed by atoms with E-state index < -0.39 is 0 Å². The number of fused-ring (bicyclic) bond motifs is 1. The summed E-state index contributed by atoms with van der Waals surface area (Å²) in [5.41, 5.74) is 3.21. The van der Waals surface area contributed by atoms with E-state index in [9.17, 15) is 4.79 Å². The Balaban J connectivity index is -0.000000271.